The highest BCUT2D eigenvalue weighted by atomic mass is 35.5. The summed E-state index contributed by atoms with van der Waals surface area (Å²) in [5.41, 5.74) is 0.534. The standard InChI is InChI=1S/C11H12BCl2N2OS/c1-12-18-7-2-3-9(17)16(6-7)10-8(13)4-5-15-11(10)14/h4-5,7H,2-3,6H2,1H3. The number of aromatic nitrogens is 1. The number of nitrogens with zero attached hydrogens (tertiary/aromatic N) is 2. The van der Waals surface area contributed by atoms with E-state index in [4.69, 9.17) is 23.2 Å². The molecule has 0 saturated carbocycles. The van der Waals surface area contributed by atoms with Crippen molar-refractivity contribution in [1.29, 1.82) is 0 Å². The molecule has 1 atom stereocenters. The van der Waals surface area contributed by atoms with Gasteiger partial charge in [0.25, 0.3) is 0 Å². The van der Waals surface area contributed by atoms with Gasteiger partial charge in [0.05, 0.1) is 5.02 Å². The van der Waals surface area contributed by atoms with Crippen LogP contribution < -0.4 is 4.90 Å². The first-order valence-electron chi connectivity index (χ1n) is 5.67. The second kappa shape index (κ2) is 6.17. The van der Waals surface area contributed by atoms with Gasteiger partial charge in [0.1, 0.15) is 5.69 Å². The molecule has 7 heteroatoms. The van der Waals surface area contributed by atoms with Gasteiger partial charge in [0.2, 0.25) is 5.91 Å². The SMILES string of the molecule is C[B]SC1CCC(=O)N(c2c(Cl)ccnc2Cl)C1. The first kappa shape index (κ1) is 14.0. The molecule has 18 heavy (non-hydrogen) atoms. The highest BCUT2D eigenvalue weighted by Gasteiger charge is 2.29. The Bertz CT molecular complexity index is 440. The predicted molar refractivity (Wildman–Crippen MR) is 78.8 cm³/mol. The molecular weight excluding hydrogens is 290 g/mol. The second-order valence-electron chi connectivity index (χ2n) is 3.97. The Labute approximate surface area is 121 Å². The normalized spacial score (nSPS) is 20.1. The van der Waals surface area contributed by atoms with Crippen molar-refractivity contribution in [2.75, 3.05) is 11.4 Å². The third kappa shape index (κ3) is 2.95. The lowest BCUT2D eigenvalue weighted by atomic mass is 10.1. The van der Waals surface area contributed by atoms with E-state index in [-0.39, 0.29) is 11.1 Å². The number of rotatable bonds is 3. The van der Waals surface area contributed by atoms with Crippen LogP contribution in [0, 0.1) is 0 Å². The number of hydrogen-bond acceptors (Lipinski definition) is 3. The van der Waals surface area contributed by atoms with Crippen LogP contribution in [0.4, 0.5) is 5.69 Å². The Morgan fingerprint density at radius 3 is 3.00 bits per heavy atom. The topological polar surface area (TPSA) is 33.2 Å². The zero-order valence-electron chi connectivity index (χ0n) is 9.90. The van der Waals surface area contributed by atoms with Crippen molar-refractivity contribution in [1.82, 2.24) is 4.98 Å². The van der Waals surface area contributed by atoms with Gasteiger partial charge in [0, 0.05) is 24.4 Å². The molecule has 3 nitrogen and oxygen atoms in total. The van der Waals surface area contributed by atoms with E-state index in [0.29, 0.717) is 28.9 Å². The Morgan fingerprint density at radius 1 is 1.56 bits per heavy atom. The van der Waals surface area contributed by atoms with Crippen molar-refractivity contribution in [3.8, 4) is 0 Å². The second-order valence-corrected chi connectivity index (χ2v) is 6.14. The molecule has 1 fully saturated rings. The lowest BCUT2D eigenvalue weighted by Gasteiger charge is -2.33. The van der Waals surface area contributed by atoms with Gasteiger partial charge in [-0.25, -0.2) is 16.6 Å². The Balaban J connectivity index is 2.27. The van der Waals surface area contributed by atoms with Gasteiger partial charge < -0.3 is 4.90 Å². The molecule has 1 saturated heterocycles. The Morgan fingerprint density at radius 2 is 2.33 bits per heavy atom. The molecule has 2 rings (SSSR count). The van der Waals surface area contributed by atoms with E-state index < -0.39 is 0 Å². The summed E-state index contributed by atoms with van der Waals surface area (Å²) in [7, 11) is 0. The molecule has 1 aliphatic rings. The third-order valence-corrected chi connectivity index (χ3v) is 4.42. The van der Waals surface area contributed by atoms with Crippen LogP contribution in [0.2, 0.25) is 17.0 Å². The van der Waals surface area contributed by atoms with Crippen LogP contribution >= 0.6 is 34.8 Å². The molecule has 0 N–H and O–H groups in total. The minimum Gasteiger partial charge on any atom is -0.307 e. The van der Waals surface area contributed by atoms with Gasteiger partial charge in [-0.15, -0.1) is 0 Å². The molecular formula is C11H12BCl2N2OS. The molecule has 2 heterocycles. The summed E-state index contributed by atoms with van der Waals surface area (Å²) in [6.45, 7) is 4.67. The van der Waals surface area contributed by atoms with Crippen LogP contribution in [-0.2, 0) is 4.79 Å². The molecule has 1 amide bonds. The molecule has 1 aromatic rings. The van der Waals surface area contributed by atoms with Crippen molar-refractivity contribution in [2.45, 2.75) is 24.9 Å². The average molecular weight is 302 g/mol. The summed E-state index contributed by atoms with van der Waals surface area (Å²) in [5.74, 6) is 0.0553. The van der Waals surface area contributed by atoms with Crippen molar-refractivity contribution in [2.24, 2.45) is 0 Å². The summed E-state index contributed by atoms with van der Waals surface area (Å²) >= 11 is 13.9. The van der Waals surface area contributed by atoms with Gasteiger partial charge in [-0.05, 0) is 12.5 Å². The van der Waals surface area contributed by atoms with Crippen LogP contribution in [0.3, 0.4) is 0 Å². The van der Waals surface area contributed by atoms with E-state index in [1.54, 1.807) is 22.6 Å². The van der Waals surface area contributed by atoms with Gasteiger partial charge in [-0.3, -0.25) is 4.79 Å². The van der Waals surface area contributed by atoms with Crippen molar-refractivity contribution < 1.29 is 4.79 Å². The molecule has 1 aliphatic heterocycles. The van der Waals surface area contributed by atoms with Gasteiger partial charge in [-0.1, -0.05) is 30.0 Å². The first-order chi connectivity index (χ1) is 8.63. The van der Waals surface area contributed by atoms with E-state index in [9.17, 15) is 4.79 Å². The van der Waals surface area contributed by atoms with Crippen LogP contribution in [0.5, 0.6) is 0 Å². The summed E-state index contributed by atoms with van der Waals surface area (Å²) in [6, 6.07) is 1.65. The number of amides is 1. The average Bonchev–Trinajstić information content (AvgIpc) is 2.33. The van der Waals surface area contributed by atoms with Crippen LogP contribution in [0.15, 0.2) is 12.3 Å². The largest absolute Gasteiger partial charge is 0.307 e. The third-order valence-electron chi connectivity index (χ3n) is 2.80. The first-order valence-corrected chi connectivity index (χ1v) is 7.37. The summed E-state index contributed by atoms with van der Waals surface area (Å²) in [4.78, 5) is 17.7. The summed E-state index contributed by atoms with van der Waals surface area (Å²) in [5, 5.41) is 1.14. The van der Waals surface area contributed by atoms with Gasteiger partial charge in [0.15, 0.2) is 11.7 Å². The van der Waals surface area contributed by atoms with Gasteiger partial charge >= 0.3 is 0 Å². The molecule has 1 radical (unpaired) electrons. The quantitative estimate of drug-likeness (QED) is 0.634. The maximum absolute atomic E-state index is 12.0. The number of pyridine rings is 1. The fourth-order valence-electron chi connectivity index (χ4n) is 1.98. The number of carbonyl (C=O) groups excluding carboxylic acids is 1. The smallest absolute Gasteiger partial charge is 0.227 e. The minimum absolute atomic E-state index is 0.0553. The zero-order valence-corrected chi connectivity index (χ0v) is 12.2. The molecule has 0 aromatic carbocycles. The van der Waals surface area contributed by atoms with Gasteiger partial charge in [-0.2, -0.15) is 0 Å². The van der Waals surface area contributed by atoms with Crippen molar-refractivity contribution >= 4 is 53.0 Å². The maximum atomic E-state index is 12.0. The van der Waals surface area contributed by atoms with Crippen LogP contribution in [-0.4, -0.2) is 29.2 Å². The number of halogens is 2. The summed E-state index contributed by atoms with van der Waals surface area (Å²) in [6.07, 6.45) is 2.95. The minimum atomic E-state index is 0.0553. The monoisotopic (exact) mass is 301 g/mol. The molecule has 0 bridgehead atoms. The Kier molecular flexibility index (Phi) is 4.81. The predicted octanol–water partition coefficient (Wildman–Crippen LogP) is 3.28. The van der Waals surface area contributed by atoms with E-state index >= 15 is 0 Å². The molecule has 1 aromatic heterocycles. The molecule has 0 spiro atoms. The van der Waals surface area contributed by atoms with E-state index in [1.165, 1.54) is 6.20 Å². The molecule has 95 valence electrons. The lowest BCUT2D eigenvalue weighted by molar-refractivity contribution is -0.119. The number of hydrogen-bond donors (Lipinski definition) is 0. The molecule has 1 unspecified atom stereocenters. The number of piperidine rings is 1. The Hall–Kier alpha value is -0.385. The van der Waals surface area contributed by atoms with Crippen molar-refractivity contribution in [3.63, 3.8) is 0 Å². The van der Waals surface area contributed by atoms with E-state index in [0.717, 1.165) is 6.42 Å². The maximum Gasteiger partial charge on any atom is 0.227 e. The van der Waals surface area contributed by atoms with Crippen LogP contribution in [0.25, 0.3) is 0 Å². The van der Waals surface area contributed by atoms with E-state index in [2.05, 4.69) is 4.98 Å². The number of carbonyl (C=O) groups is 1. The summed E-state index contributed by atoms with van der Waals surface area (Å²) < 4.78 is 0. The fraction of sp³-hybridized carbons (Fsp3) is 0.455. The highest BCUT2D eigenvalue weighted by molar-refractivity contribution is 8.22. The zero-order chi connectivity index (χ0) is 13.1. The van der Waals surface area contributed by atoms with Crippen molar-refractivity contribution in [3.05, 3.63) is 22.4 Å². The van der Waals surface area contributed by atoms with Crippen LogP contribution in [0.1, 0.15) is 12.8 Å². The number of anilines is 1. The van der Waals surface area contributed by atoms with E-state index in [1.807, 2.05) is 13.4 Å². The fourth-order valence-corrected chi connectivity index (χ4v) is 3.41. The molecule has 0 aliphatic carbocycles. The highest BCUT2D eigenvalue weighted by Crippen LogP contribution is 2.35. The lowest BCUT2D eigenvalue weighted by Crippen LogP contribution is -2.42.